The topological polar surface area (TPSA) is 23.6 Å². The summed E-state index contributed by atoms with van der Waals surface area (Å²) in [6.07, 6.45) is 7.57. The summed E-state index contributed by atoms with van der Waals surface area (Å²) in [7, 11) is 2.00. The number of carbonyl (C=O) groups is 1. The first kappa shape index (κ1) is 20.9. The molecule has 6 heteroatoms. The van der Waals surface area contributed by atoms with Crippen molar-refractivity contribution in [1.82, 2.24) is 9.80 Å². The van der Waals surface area contributed by atoms with Gasteiger partial charge in [0, 0.05) is 29.0 Å². The molecule has 2 aliphatic rings. The highest BCUT2D eigenvalue weighted by Gasteiger charge is 2.35. The Balaban J connectivity index is 0.00000225. The summed E-state index contributed by atoms with van der Waals surface area (Å²) < 4.78 is 0. The molecule has 2 atom stereocenters. The van der Waals surface area contributed by atoms with Crippen molar-refractivity contribution in [1.29, 1.82) is 0 Å². The minimum Gasteiger partial charge on any atom is -0.340 e. The highest BCUT2D eigenvalue weighted by Crippen LogP contribution is 2.30. The van der Waals surface area contributed by atoms with Crippen LogP contribution in [0.5, 0.6) is 0 Å². The van der Waals surface area contributed by atoms with Crippen LogP contribution in [0, 0.1) is 0 Å². The van der Waals surface area contributed by atoms with Gasteiger partial charge in [-0.1, -0.05) is 24.4 Å². The van der Waals surface area contributed by atoms with Gasteiger partial charge in [0.05, 0.1) is 5.75 Å². The zero-order valence-electron chi connectivity index (χ0n) is 14.8. The fourth-order valence-electron chi connectivity index (χ4n) is 4.01. The number of carbonyl (C=O) groups excluding carboxylic acids is 1. The Hall–Kier alpha value is -0.420. The van der Waals surface area contributed by atoms with E-state index in [9.17, 15) is 4.79 Å². The summed E-state index contributed by atoms with van der Waals surface area (Å²) in [5.74, 6) is 0.743. The van der Waals surface area contributed by atoms with Crippen LogP contribution in [0.15, 0.2) is 29.2 Å². The Morgan fingerprint density at radius 2 is 1.80 bits per heavy atom. The van der Waals surface area contributed by atoms with Gasteiger partial charge in [-0.25, -0.2) is 0 Å². The van der Waals surface area contributed by atoms with Crippen molar-refractivity contribution in [2.75, 3.05) is 25.9 Å². The summed E-state index contributed by atoms with van der Waals surface area (Å²) in [5.41, 5.74) is 0. The molecule has 1 heterocycles. The number of hydrogen-bond donors (Lipinski definition) is 0. The summed E-state index contributed by atoms with van der Waals surface area (Å²) in [6.45, 7) is 2.42. The van der Waals surface area contributed by atoms with Crippen LogP contribution >= 0.6 is 35.8 Å². The van der Waals surface area contributed by atoms with Gasteiger partial charge in [0.25, 0.3) is 0 Å². The molecule has 1 aromatic rings. The summed E-state index contributed by atoms with van der Waals surface area (Å²) in [4.78, 5) is 18.5. The molecule has 1 amide bonds. The average Bonchev–Trinajstić information content (AvgIpc) is 3.15. The van der Waals surface area contributed by atoms with Gasteiger partial charge in [0.1, 0.15) is 0 Å². The minimum atomic E-state index is 0. The molecule has 1 saturated carbocycles. The van der Waals surface area contributed by atoms with E-state index < -0.39 is 0 Å². The van der Waals surface area contributed by atoms with Crippen molar-refractivity contribution in [3.8, 4) is 0 Å². The van der Waals surface area contributed by atoms with E-state index in [4.69, 9.17) is 11.6 Å². The molecule has 25 heavy (non-hydrogen) atoms. The minimum absolute atomic E-state index is 0. The second-order valence-electron chi connectivity index (χ2n) is 6.91. The van der Waals surface area contributed by atoms with E-state index in [1.165, 1.54) is 45.2 Å². The fourth-order valence-corrected chi connectivity index (χ4v) is 4.95. The number of likely N-dealkylation sites (N-methyl/N-ethyl adjacent to an activating group) is 1. The Morgan fingerprint density at radius 3 is 2.48 bits per heavy atom. The van der Waals surface area contributed by atoms with Crippen molar-refractivity contribution in [2.24, 2.45) is 0 Å². The number of benzene rings is 1. The Kier molecular flexibility index (Phi) is 8.40. The molecule has 0 aromatic heterocycles. The molecule has 3 rings (SSSR count). The Morgan fingerprint density at radius 1 is 1.16 bits per heavy atom. The molecule has 1 saturated heterocycles. The first-order valence-electron chi connectivity index (χ1n) is 9.03. The maximum absolute atomic E-state index is 12.7. The van der Waals surface area contributed by atoms with E-state index in [1.807, 2.05) is 36.2 Å². The summed E-state index contributed by atoms with van der Waals surface area (Å²) in [6, 6.07) is 8.67. The predicted molar refractivity (Wildman–Crippen MR) is 109 cm³/mol. The van der Waals surface area contributed by atoms with Crippen LogP contribution in [-0.2, 0) is 4.79 Å². The number of likely N-dealkylation sites (tertiary alicyclic amines) is 1. The molecule has 1 aromatic carbocycles. The SMILES string of the molecule is CN(C(=O)CSc1ccc(Cl)cc1)[C@@H]1CCCC[C@H]1N1CCCC1.Cl. The summed E-state index contributed by atoms with van der Waals surface area (Å²) >= 11 is 7.52. The van der Waals surface area contributed by atoms with Crippen molar-refractivity contribution in [3.63, 3.8) is 0 Å². The van der Waals surface area contributed by atoms with Crippen LogP contribution in [0.25, 0.3) is 0 Å². The van der Waals surface area contributed by atoms with Crippen LogP contribution in [0.2, 0.25) is 5.02 Å². The van der Waals surface area contributed by atoms with E-state index in [-0.39, 0.29) is 18.3 Å². The van der Waals surface area contributed by atoms with Gasteiger partial charge in [-0.05, 0) is 63.0 Å². The lowest BCUT2D eigenvalue weighted by Gasteiger charge is -2.42. The predicted octanol–water partition coefficient (Wildman–Crippen LogP) is 4.72. The average molecular weight is 403 g/mol. The molecule has 0 spiro atoms. The number of thioether (sulfide) groups is 1. The Bertz CT molecular complexity index is 549. The second kappa shape index (κ2) is 10.1. The standard InChI is InChI=1S/C19H27ClN2OS.ClH/c1-21(19(23)14-24-16-10-8-15(20)9-11-16)17-6-2-3-7-18(17)22-12-4-5-13-22;/h8-11,17-18H,2-7,12-14H2,1H3;1H/t17-,18-;/m1./s1. The van der Waals surface area contributed by atoms with Crippen LogP contribution in [0.1, 0.15) is 38.5 Å². The van der Waals surface area contributed by atoms with Crippen molar-refractivity contribution < 1.29 is 4.79 Å². The molecule has 0 N–H and O–H groups in total. The van der Waals surface area contributed by atoms with Gasteiger partial charge in [0.2, 0.25) is 5.91 Å². The number of hydrogen-bond acceptors (Lipinski definition) is 3. The molecule has 3 nitrogen and oxygen atoms in total. The van der Waals surface area contributed by atoms with Crippen LogP contribution in [0.3, 0.4) is 0 Å². The third kappa shape index (κ3) is 5.53. The normalized spacial score (nSPS) is 23.9. The van der Waals surface area contributed by atoms with Gasteiger partial charge >= 0.3 is 0 Å². The smallest absolute Gasteiger partial charge is 0.232 e. The molecular weight excluding hydrogens is 375 g/mol. The molecular formula is C19H28Cl2N2OS. The third-order valence-corrected chi connectivity index (χ3v) is 6.62. The molecule has 2 fully saturated rings. The highest BCUT2D eigenvalue weighted by atomic mass is 35.5. The van der Waals surface area contributed by atoms with E-state index in [2.05, 4.69) is 4.90 Å². The lowest BCUT2D eigenvalue weighted by atomic mass is 9.88. The van der Waals surface area contributed by atoms with Gasteiger partial charge in [0.15, 0.2) is 0 Å². The molecule has 0 unspecified atom stereocenters. The first-order chi connectivity index (χ1) is 11.6. The molecule has 0 radical (unpaired) electrons. The lowest BCUT2D eigenvalue weighted by Crippen LogP contribution is -2.53. The zero-order chi connectivity index (χ0) is 16.9. The van der Waals surface area contributed by atoms with Gasteiger partial charge in [-0.2, -0.15) is 0 Å². The monoisotopic (exact) mass is 402 g/mol. The van der Waals surface area contributed by atoms with E-state index in [0.29, 0.717) is 17.8 Å². The van der Waals surface area contributed by atoms with Crippen molar-refractivity contribution in [3.05, 3.63) is 29.3 Å². The maximum Gasteiger partial charge on any atom is 0.232 e. The van der Waals surface area contributed by atoms with Gasteiger partial charge < -0.3 is 4.90 Å². The largest absolute Gasteiger partial charge is 0.340 e. The van der Waals surface area contributed by atoms with Crippen molar-refractivity contribution in [2.45, 2.75) is 55.5 Å². The Labute approximate surface area is 166 Å². The quantitative estimate of drug-likeness (QED) is 0.665. The zero-order valence-corrected chi connectivity index (χ0v) is 17.2. The van der Waals surface area contributed by atoms with Crippen LogP contribution in [-0.4, -0.2) is 53.7 Å². The van der Waals surface area contributed by atoms with E-state index >= 15 is 0 Å². The third-order valence-electron chi connectivity index (χ3n) is 5.37. The number of amides is 1. The fraction of sp³-hybridized carbons (Fsp3) is 0.632. The molecule has 140 valence electrons. The maximum atomic E-state index is 12.7. The molecule has 1 aliphatic heterocycles. The van der Waals surface area contributed by atoms with Crippen LogP contribution < -0.4 is 0 Å². The van der Waals surface area contributed by atoms with E-state index in [0.717, 1.165) is 16.3 Å². The lowest BCUT2D eigenvalue weighted by molar-refractivity contribution is -0.131. The molecule has 1 aliphatic carbocycles. The summed E-state index contributed by atoms with van der Waals surface area (Å²) in [5, 5.41) is 0.735. The van der Waals surface area contributed by atoms with E-state index in [1.54, 1.807) is 11.8 Å². The van der Waals surface area contributed by atoms with Gasteiger partial charge in [-0.15, -0.1) is 24.2 Å². The van der Waals surface area contributed by atoms with Crippen LogP contribution in [0.4, 0.5) is 0 Å². The number of rotatable bonds is 5. The second-order valence-corrected chi connectivity index (χ2v) is 8.39. The molecule has 0 bridgehead atoms. The number of nitrogens with zero attached hydrogens (tertiary/aromatic N) is 2. The van der Waals surface area contributed by atoms with Gasteiger partial charge in [-0.3, -0.25) is 9.69 Å². The number of halogens is 2. The van der Waals surface area contributed by atoms with Crippen molar-refractivity contribution >= 4 is 41.7 Å². The first-order valence-corrected chi connectivity index (χ1v) is 10.4. The highest BCUT2D eigenvalue weighted by molar-refractivity contribution is 8.00.